The molecule has 2 saturated heterocycles. The number of nitriles is 1. The highest BCUT2D eigenvalue weighted by atomic mass is 16.6. The van der Waals surface area contributed by atoms with Crippen LogP contribution in [0, 0.1) is 11.2 Å². The van der Waals surface area contributed by atoms with Crippen LogP contribution >= 0.6 is 0 Å². The predicted octanol–water partition coefficient (Wildman–Crippen LogP) is -0.247. The maximum Gasteiger partial charge on any atom is 0.429 e. The van der Waals surface area contributed by atoms with Crippen molar-refractivity contribution >= 4 is 18.7 Å². The molecule has 0 atom stereocenters. The molecular formula is C8H10BN3O3. The van der Waals surface area contributed by atoms with E-state index in [-0.39, 0.29) is 18.9 Å². The molecule has 0 saturated carbocycles. The van der Waals surface area contributed by atoms with E-state index in [1.54, 1.807) is 0 Å². The largest absolute Gasteiger partial charge is 0.446 e. The van der Waals surface area contributed by atoms with Gasteiger partial charge in [-0.3, -0.25) is 4.79 Å². The van der Waals surface area contributed by atoms with Crippen molar-refractivity contribution in [2.24, 2.45) is 0 Å². The number of cyclic esters (lactones) is 1. The van der Waals surface area contributed by atoms with E-state index in [2.05, 4.69) is 5.97 Å². The van der Waals surface area contributed by atoms with Gasteiger partial charge in [0.15, 0.2) is 0 Å². The minimum atomic E-state index is -0.473. The standard InChI is InChI=1S/C8H10BN3O3/c10-6-9-1-2-11(7(13)5-9)12-3-4-15-8(12)14/h1-5H2. The number of hydrogen-bond acceptors (Lipinski definition) is 4. The van der Waals surface area contributed by atoms with Gasteiger partial charge >= 0.3 is 6.09 Å². The van der Waals surface area contributed by atoms with E-state index >= 15 is 0 Å². The summed E-state index contributed by atoms with van der Waals surface area (Å²) in [6.45, 7) is 0.950. The Bertz CT molecular complexity index is 341. The second kappa shape index (κ2) is 3.81. The molecule has 2 fully saturated rings. The third kappa shape index (κ3) is 1.75. The highest BCUT2D eigenvalue weighted by Crippen LogP contribution is 2.17. The number of carbonyl (C=O) groups excluding carboxylic acids is 2. The molecule has 2 amide bonds. The lowest BCUT2D eigenvalue weighted by atomic mass is 9.45. The Balaban J connectivity index is 2.03. The predicted molar refractivity (Wildman–Crippen MR) is 50.7 cm³/mol. The van der Waals surface area contributed by atoms with Crippen LogP contribution < -0.4 is 0 Å². The van der Waals surface area contributed by atoms with Gasteiger partial charge in [0, 0.05) is 18.8 Å². The zero-order valence-electron chi connectivity index (χ0n) is 8.18. The molecule has 78 valence electrons. The quantitative estimate of drug-likeness (QED) is 0.555. The van der Waals surface area contributed by atoms with E-state index < -0.39 is 6.09 Å². The van der Waals surface area contributed by atoms with E-state index in [1.165, 1.54) is 10.0 Å². The molecule has 0 spiro atoms. The van der Waals surface area contributed by atoms with Crippen LogP contribution in [0.4, 0.5) is 4.79 Å². The summed E-state index contributed by atoms with van der Waals surface area (Å²) in [7, 11) is 0. The second-order valence-corrected chi connectivity index (χ2v) is 3.57. The SMILES string of the molecule is N#CB1CCN(N2CCOC2=O)C(=O)C1. The van der Waals surface area contributed by atoms with Gasteiger partial charge in [-0.1, -0.05) is 0 Å². The smallest absolute Gasteiger partial charge is 0.429 e. The van der Waals surface area contributed by atoms with Gasteiger partial charge in [0.1, 0.15) is 6.61 Å². The lowest BCUT2D eigenvalue weighted by molar-refractivity contribution is -0.141. The zero-order valence-corrected chi connectivity index (χ0v) is 8.18. The monoisotopic (exact) mass is 207 g/mol. The summed E-state index contributed by atoms with van der Waals surface area (Å²) in [6.07, 6.45) is 0.338. The minimum absolute atomic E-state index is 0.174. The third-order valence-corrected chi connectivity index (χ3v) is 2.61. The van der Waals surface area contributed by atoms with Crippen LogP contribution in [0.1, 0.15) is 0 Å². The molecule has 6 nitrogen and oxygen atoms in total. The van der Waals surface area contributed by atoms with Crippen LogP contribution in [0.15, 0.2) is 0 Å². The second-order valence-electron chi connectivity index (χ2n) is 3.57. The first-order valence-corrected chi connectivity index (χ1v) is 4.86. The molecule has 7 heteroatoms. The Morgan fingerprint density at radius 2 is 2.13 bits per heavy atom. The first kappa shape index (κ1) is 9.83. The topological polar surface area (TPSA) is 73.6 Å². The van der Waals surface area contributed by atoms with Crippen molar-refractivity contribution < 1.29 is 14.3 Å². The van der Waals surface area contributed by atoms with Gasteiger partial charge in [-0.15, -0.1) is 0 Å². The lowest BCUT2D eigenvalue weighted by Gasteiger charge is -2.33. The number of hydrazine groups is 1. The van der Waals surface area contributed by atoms with Crippen molar-refractivity contribution in [2.45, 2.75) is 12.6 Å². The van der Waals surface area contributed by atoms with E-state index in [0.717, 1.165) is 0 Å². The number of carbonyl (C=O) groups is 2. The molecule has 2 aliphatic rings. The van der Waals surface area contributed by atoms with E-state index in [0.29, 0.717) is 26.0 Å². The average molecular weight is 207 g/mol. The molecule has 0 N–H and O–H groups in total. The number of ether oxygens (including phenoxy) is 1. The minimum Gasteiger partial charge on any atom is -0.446 e. The summed E-state index contributed by atoms with van der Waals surface area (Å²) in [4.78, 5) is 22.8. The molecule has 0 aliphatic carbocycles. The van der Waals surface area contributed by atoms with Gasteiger partial charge < -0.3 is 4.74 Å². The van der Waals surface area contributed by atoms with Crippen molar-refractivity contribution in [1.82, 2.24) is 10.0 Å². The number of rotatable bonds is 1. The highest BCUT2D eigenvalue weighted by Gasteiger charge is 2.36. The average Bonchev–Trinajstić information content (AvgIpc) is 2.64. The molecule has 0 bridgehead atoms. The van der Waals surface area contributed by atoms with Crippen LogP contribution in [-0.2, 0) is 9.53 Å². The van der Waals surface area contributed by atoms with Crippen molar-refractivity contribution in [3.8, 4) is 5.97 Å². The maximum absolute atomic E-state index is 11.6. The fourth-order valence-electron chi connectivity index (χ4n) is 1.79. The molecule has 2 aliphatic heterocycles. The Kier molecular flexibility index (Phi) is 2.50. The molecule has 0 aromatic heterocycles. The third-order valence-electron chi connectivity index (χ3n) is 2.61. The molecule has 0 aromatic rings. The summed E-state index contributed by atoms with van der Waals surface area (Å²) in [5.74, 6) is 1.90. The van der Waals surface area contributed by atoms with Crippen LogP contribution in [0.25, 0.3) is 0 Å². The molecule has 0 unspecified atom stereocenters. The Hall–Kier alpha value is -1.71. The summed E-state index contributed by atoms with van der Waals surface area (Å²) < 4.78 is 4.75. The zero-order chi connectivity index (χ0) is 10.8. The van der Waals surface area contributed by atoms with Gasteiger partial charge in [-0.2, -0.15) is 0 Å². The van der Waals surface area contributed by atoms with Crippen molar-refractivity contribution in [1.29, 1.82) is 5.26 Å². The maximum atomic E-state index is 11.6. The van der Waals surface area contributed by atoms with E-state index in [9.17, 15) is 9.59 Å². The summed E-state index contributed by atoms with van der Waals surface area (Å²) in [6, 6.07) is 0. The first-order valence-electron chi connectivity index (χ1n) is 4.86. The van der Waals surface area contributed by atoms with Crippen LogP contribution in [0.2, 0.25) is 12.6 Å². The molecule has 0 radical (unpaired) electrons. The Morgan fingerprint density at radius 1 is 1.33 bits per heavy atom. The van der Waals surface area contributed by atoms with Crippen molar-refractivity contribution in [3.05, 3.63) is 0 Å². The van der Waals surface area contributed by atoms with Gasteiger partial charge in [-0.25, -0.2) is 20.1 Å². The Morgan fingerprint density at radius 3 is 2.67 bits per heavy atom. The van der Waals surface area contributed by atoms with Crippen molar-refractivity contribution in [3.63, 3.8) is 0 Å². The van der Waals surface area contributed by atoms with Crippen LogP contribution in [0.5, 0.6) is 0 Å². The Labute approximate surface area is 87.4 Å². The fourth-order valence-corrected chi connectivity index (χ4v) is 1.79. The van der Waals surface area contributed by atoms with Gasteiger partial charge in [0.2, 0.25) is 5.91 Å². The summed E-state index contributed by atoms with van der Waals surface area (Å²) >= 11 is 0. The molecule has 15 heavy (non-hydrogen) atoms. The molecule has 2 rings (SSSR count). The van der Waals surface area contributed by atoms with Gasteiger partial charge in [0.25, 0.3) is 6.71 Å². The van der Waals surface area contributed by atoms with E-state index in [4.69, 9.17) is 10.00 Å². The number of hydrogen-bond donors (Lipinski definition) is 0. The molecule has 2 heterocycles. The van der Waals surface area contributed by atoms with Crippen LogP contribution in [-0.4, -0.2) is 48.4 Å². The summed E-state index contributed by atoms with van der Waals surface area (Å²) in [5.41, 5.74) is 0. The first-order chi connectivity index (χ1) is 7.22. The van der Waals surface area contributed by atoms with Crippen LogP contribution in [0.3, 0.4) is 0 Å². The molecular weight excluding hydrogens is 197 g/mol. The van der Waals surface area contributed by atoms with E-state index in [1.807, 2.05) is 0 Å². The fraction of sp³-hybridized carbons (Fsp3) is 0.625. The van der Waals surface area contributed by atoms with Gasteiger partial charge in [0.05, 0.1) is 6.54 Å². The normalized spacial score (nSPS) is 21.7. The number of amides is 2. The molecule has 0 aromatic carbocycles. The van der Waals surface area contributed by atoms with Crippen molar-refractivity contribution in [2.75, 3.05) is 19.7 Å². The van der Waals surface area contributed by atoms with Gasteiger partial charge in [-0.05, 0) is 6.32 Å². The highest BCUT2D eigenvalue weighted by molar-refractivity contribution is 6.70. The number of nitrogens with zero attached hydrogens (tertiary/aromatic N) is 3. The lowest BCUT2D eigenvalue weighted by Crippen LogP contribution is -2.51. The summed E-state index contributed by atoms with van der Waals surface area (Å²) in [5, 5.41) is 11.4.